The van der Waals surface area contributed by atoms with Crippen LogP contribution in [0, 0.1) is 0 Å². The number of nitrogens with zero attached hydrogens (tertiary/aromatic N) is 5. The van der Waals surface area contributed by atoms with E-state index in [0.717, 1.165) is 42.6 Å². The fourth-order valence-corrected chi connectivity index (χ4v) is 4.56. The summed E-state index contributed by atoms with van der Waals surface area (Å²) in [5.74, 6) is 0.366. The molecule has 0 atom stereocenters. The van der Waals surface area contributed by atoms with Gasteiger partial charge in [0.25, 0.3) is 11.5 Å². The fourth-order valence-electron chi connectivity index (χ4n) is 4.56. The number of amides is 1. The molecule has 5 rings (SSSR count). The maximum absolute atomic E-state index is 13.0. The van der Waals surface area contributed by atoms with Gasteiger partial charge in [-0.05, 0) is 43.9 Å². The number of piperazine rings is 1. The van der Waals surface area contributed by atoms with E-state index in [9.17, 15) is 9.59 Å². The highest BCUT2D eigenvalue weighted by Gasteiger charge is 2.30. The lowest BCUT2D eigenvalue weighted by molar-refractivity contribution is 0.0703. The number of anilines is 1. The summed E-state index contributed by atoms with van der Waals surface area (Å²) in [5.41, 5.74) is 3.56. The van der Waals surface area contributed by atoms with E-state index < -0.39 is 0 Å². The first-order valence-corrected chi connectivity index (χ1v) is 11.2. The molecular weight excluding hydrogens is 410 g/mol. The zero-order valence-corrected chi connectivity index (χ0v) is 18.2. The normalized spacial score (nSPS) is 16.4. The highest BCUT2D eigenvalue weighted by atomic mass is 16.5. The van der Waals surface area contributed by atoms with Crippen LogP contribution in [0.3, 0.4) is 0 Å². The number of methoxy groups -OCH3 is 1. The Balaban J connectivity index is 1.28. The Kier molecular flexibility index (Phi) is 5.65. The topological polar surface area (TPSA) is 93.7 Å². The molecule has 2 aliphatic rings. The van der Waals surface area contributed by atoms with E-state index in [0.29, 0.717) is 56.0 Å². The molecule has 1 aliphatic carbocycles. The molecule has 1 saturated heterocycles. The van der Waals surface area contributed by atoms with E-state index in [4.69, 9.17) is 9.26 Å². The minimum absolute atomic E-state index is 0.0583. The van der Waals surface area contributed by atoms with Crippen LogP contribution in [0.4, 0.5) is 5.69 Å². The summed E-state index contributed by atoms with van der Waals surface area (Å²) in [7, 11) is 1.61. The number of rotatable bonds is 5. The largest absolute Gasteiger partial charge is 0.383 e. The SMILES string of the molecule is COCCn1cnc2cc(N3CCN(C(=O)c4onc5c4CCCC5)CC3)ccc2c1=O. The highest BCUT2D eigenvalue weighted by molar-refractivity contribution is 5.93. The van der Waals surface area contributed by atoms with Crippen molar-refractivity contribution in [3.05, 3.63) is 51.9 Å². The number of ether oxygens (including phenoxy) is 1. The molecule has 168 valence electrons. The summed E-state index contributed by atoms with van der Waals surface area (Å²) in [6, 6.07) is 5.74. The summed E-state index contributed by atoms with van der Waals surface area (Å²) < 4.78 is 12.1. The quantitative estimate of drug-likeness (QED) is 0.602. The van der Waals surface area contributed by atoms with Gasteiger partial charge >= 0.3 is 0 Å². The maximum Gasteiger partial charge on any atom is 0.292 e. The van der Waals surface area contributed by atoms with Gasteiger partial charge in [-0.25, -0.2) is 4.98 Å². The first-order chi connectivity index (χ1) is 15.7. The molecule has 3 aromatic rings. The van der Waals surface area contributed by atoms with Gasteiger partial charge in [-0.3, -0.25) is 14.2 Å². The second kappa shape index (κ2) is 8.74. The van der Waals surface area contributed by atoms with Crippen molar-refractivity contribution in [3.8, 4) is 0 Å². The molecule has 1 fully saturated rings. The maximum atomic E-state index is 13.0. The van der Waals surface area contributed by atoms with Crippen LogP contribution >= 0.6 is 0 Å². The lowest BCUT2D eigenvalue weighted by Gasteiger charge is -2.35. The third-order valence-electron chi connectivity index (χ3n) is 6.43. The van der Waals surface area contributed by atoms with Gasteiger partial charge in [-0.1, -0.05) is 5.16 Å². The Hall–Kier alpha value is -3.20. The van der Waals surface area contributed by atoms with E-state index in [1.54, 1.807) is 18.0 Å². The molecule has 9 nitrogen and oxygen atoms in total. The molecule has 0 bridgehead atoms. The monoisotopic (exact) mass is 437 g/mol. The first-order valence-electron chi connectivity index (χ1n) is 11.2. The van der Waals surface area contributed by atoms with Crippen LogP contribution in [0.25, 0.3) is 10.9 Å². The molecule has 32 heavy (non-hydrogen) atoms. The van der Waals surface area contributed by atoms with Gasteiger partial charge in [-0.15, -0.1) is 0 Å². The van der Waals surface area contributed by atoms with Crippen LogP contribution in [0.1, 0.15) is 34.7 Å². The highest BCUT2D eigenvalue weighted by Crippen LogP contribution is 2.26. The van der Waals surface area contributed by atoms with Gasteiger partial charge in [0.2, 0.25) is 5.76 Å². The molecule has 3 heterocycles. The zero-order valence-electron chi connectivity index (χ0n) is 18.2. The van der Waals surface area contributed by atoms with E-state index in [1.165, 1.54) is 0 Å². The summed E-state index contributed by atoms with van der Waals surface area (Å²) in [6.07, 6.45) is 5.52. The van der Waals surface area contributed by atoms with Gasteiger partial charge in [0.05, 0.1) is 36.1 Å². The molecule has 1 amide bonds. The molecule has 9 heteroatoms. The number of aryl methyl sites for hydroxylation is 1. The average Bonchev–Trinajstić information content (AvgIpc) is 3.27. The second-order valence-corrected chi connectivity index (χ2v) is 8.36. The molecule has 0 spiro atoms. The van der Waals surface area contributed by atoms with Crippen LogP contribution in [-0.4, -0.2) is 65.4 Å². The van der Waals surface area contributed by atoms with Crippen LogP contribution < -0.4 is 10.5 Å². The number of benzene rings is 1. The molecule has 0 N–H and O–H groups in total. The summed E-state index contributed by atoms with van der Waals surface area (Å²) in [4.78, 5) is 34.2. The van der Waals surface area contributed by atoms with Crippen LogP contribution in [0.5, 0.6) is 0 Å². The predicted octanol–water partition coefficient (Wildman–Crippen LogP) is 1.87. The number of aromatic nitrogens is 3. The van der Waals surface area contributed by atoms with Crippen molar-refractivity contribution >= 4 is 22.5 Å². The third-order valence-corrected chi connectivity index (χ3v) is 6.43. The second-order valence-electron chi connectivity index (χ2n) is 8.36. The Morgan fingerprint density at radius 1 is 1.16 bits per heavy atom. The summed E-state index contributed by atoms with van der Waals surface area (Å²) in [5, 5.41) is 4.71. The molecule has 0 saturated carbocycles. The van der Waals surface area contributed by atoms with Crippen LogP contribution in [0.15, 0.2) is 33.8 Å². The fraction of sp³-hybridized carbons (Fsp3) is 0.478. The number of carbonyl (C=O) groups excluding carboxylic acids is 1. The number of hydrogen-bond acceptors (Lipinski definition) is 7. The minimum Gasteiger partial charge on any atom is -0.383 e. The first kappa shape index (κ1) is 20.7. The number of hydrogen-bond donors (Lipinski definition) is 0. The third kappa shape index (κ3) is 3.77. The van der Waals surface area contributed by atoms with Gasteiger partial charge in [0, 0.05) is 44.5 Å². The van der Waals surface area contributed by atoms with Crippen molar-refractivity contribution in [2.75, 3.05) is 44.8 Å². The van der Waals surface area contributed by atoms with Crippen molar-refractivity contribution in [2.45, 2.75) is 32.2 Å². The smallest absolute Gasteiger partial charge is 0.292 e. The van der Waals surface area contributed by atoms with Gasteiger partial charge in [0.1, 0.15) is 0 Å². The summed E-state index contributed by atoms with van der Waals surface area (Å²) in [6.45, 7) is 3.57. The van der Waals surface area contributed by atoms with Crippen molar-refractivity contribution in [2.24, 2.45) is 0 Å². The molecule has 0 unspecified atom stereocenters. The Morgan fingerprint density at radius 3 is 2.78 bits per heavy atom. The lowest BCUT2D eigenvalue weighted by Crippen LogP contribution is -2.49. The minimum atomic E-state index is -0.0654. The Bertz CT molecular complexity index is 1190. The van der Waals surface area contributed by atoms with Crippen molar-refractivity contribution in [1.82, 2.24) is 19.6 Å². The Labute approximate surface area is 185 Å². The van der Waals surface area contributed by atoms with Crippen molar-refractivity contribution in [1.29, 1.82) is 0 Å². The Morgan fingerprint density at radius 2 is 1.97 bits per heavy atom. The van der Waals surface area contributed by atoms with Gasteiger partial charge in [-0.2, -0.15) is 0 Å². The zero-order chi connectivity index (χ0) is 22.1. The van der Waals surface area contributed by atoms with E-state index in [2.05, 4.69) is 15.0 Å². The molecule has 0 radical (unpaired) electrons. The molecule has 1 aromatic carbocycles. The van der Waals surface area contributed by atoms with Gasteiger partial charge < -0.3 is 19.1 Å². The van der Waals surface area contributed by atoms with Crippen molar-refractivity contribution < 1.29 is 14.1 Å². The number of carbonyl (C=O) groups is 1. The molecule has 2 aromatic heterocycles. The molecular formula is C23H27N5O4. The van der Waals surface area contributed by atoms with E-state index in [-0.39, 0.29) is 11.5 Å². The lowest BCUT2D eigenvalue weighted by atomic mass is 9.96. The van der Waals surface area contributed by atoms with E-state index >= 15 is 0 Å². The van der Waals surface area contributed by atoms with Crippen molar-refractivity contribution in [3.63, 3.8) is 0 Å². The number of fused-ring (bicyclic) bond motifs is 2. The average molecular weight is 438 g/mol. The standard InChI is InChI=1S/C23H27N5O4/c1-31-13-12-28-15-24-20-14-16(6-7-18(20)22(28)29)26-8-10-27(11-9-26)23(30)21-17-4-2-3-5-19(17)25-32-21/h6-7,14-15H,2-5,8-13H2,1H3. The van der Waals surface area contributed by atoms with E-state index in [1.807, 2.05) is 23.1 Å². The predicted molar refractivity (Wildman–Crippen MR) is 119 cm³/mol. The van der Waals surface area contributed by atoms with Gasteiger partial charge in [0.15, 0.2) is 0 Å². The summed E-state index contributed by atoms with van der Waals surface area (Å²) >= 11 is 0. The van der Waals surface area contributed by atoms with Crippen LogP contribution in [0.2, 0.25) is 0 Å². The van der Waals surface area contributed by atoms with Crippen LogP contribution in [-0.2, 0) is 24.1 Å². The molecule has 1 aliphatic heterocycles.